The van der Waals surface area contributed by atoms with Crippen molar-refractivity contribution in [1.29, 1.82) is 0 Å². The van der Waals surface area contributed by atoms with Gasteiger partial charge in [0.15, 0.2) is 11.5 Å². The van der Waals surface area contributed by atoms with Gasteiger partial charge in [0.05, 0.1) is 0 Å². The Morgan fingerprint density at radius 3 is 2.61 bits per heavy atom. The van der Waals surface area contributed by atoms with Crippen molar-refractivity contribution in [2.24, 2.45) is 0 Å². The molecule has 1 heterocycles. The van der Waals surface area contributed by atoms with Gasteiger partial charge in [-0.1, -0.05) is 6.07 Å². The van der Waals surface area contributed by atoms with E-state index in [2.05, 4.69) is 36.4 Å². The molecule has 1 N–H and O–H groups in total. The maximum Gasteiger partial charge on any atom is 0.161 e. The van der Waals surface area contributed by atoms with E-state index in [0.29, 0.717) is 19.3 Å². The van der Waals surface area contributed by atoms with Crippen LogP contribution in [0.4, 0.5) is 0 Å². The lowest BCUT2D eigenvalue weighted by molar-refractivity contribution is 0.171. The summed E-state index contributed by atoms with van der Waals surface area (Å²) in [5.74, 6) is 1.72. The Morgan fingerprint density at radius 1 is 1.22 bits per heavy atom. The van der Waals surface area contributed by atoms with Gasteiger partial charge in [0.1, 0.15) is 13.2 Å². The summed E-state index contributed by atoms with van der Waals surface area (Å²) in [6.45, 7) is 2.33. The predicted molar refractivity (Wildman–Crippen MR) is 72.4 cm³/mol. The number of hydrogen-bond acceptors (Lipinski definition) is 4. The molecule has 1 atom stereocenters. The summed E-state index contributed by atoms with van der Waals surface area (Å²) < 4.78 is 11.2. The molecule has 1 aromatic carbocycles. The molecule has 0 aliphatic carbocycles. The second kappa shape index (κ2) is 6.07. The lowest BCUT2D eigenvalue weighted by Crippen LogP contribution is -2.23. The van der Waals surface area contributed by atoms with Crippen LogP contribution in [0.3, 0.4) is 0 Å². The van der Waals surface area contributed by atoms with Gasteiger partial charge in [-0.15, -0.1) is 0 Å². The molecule has 100 valence electrons. The molecule has 0 aromatic heterocycles. The molecule has 1 aliphatic heterocycles. The van der Waals surface area contributed by atoms with Crippen molar-refractivity contribution in [2.45, 2.75) is 12.5 Å². The third-order valence-corrected chi connectivity index (χ3v) is 3.18. The number of benzene rings is 1. The van der Waals surface area contributed by atoms with E-state index in [4.69, 9.17) is 9.47 Å². The lowest BCUT2D eigenvalue weighted by Gasteiger charge is -2.23. The summed E-state index contributed by atoms with van der Waals surface area (Å²) in [7, 11) is 6.18. The van der Waals surface area contributed by atoms with Crippen LogP contribution in [-0.4, -0.2) is 45.8 Å². The lowest BCUT2D eigenvalue weighted by atomic mass is 10.0. The van der Waals surface area contributed by atoms with Gasteiger partial charge in [0.25, 0.3) is 0 Å². The van der Waals surface area contributed by atoms with E-state index in [1.54, 1.807) is 0 Å². The quantitative estimate of drug-likeness (QED) is 0.862. The average Bonchev–Trinajstić information content (AvgIpc) is 2.39. The van der Waals surface area contributed by atoms with Gasteiger partial charge in [-0.25, -0.2) is 0 Å². The maximum absolute atomic E-state index is 5.62. The van der Waals surface area contributed by atoms with Crippen molar-refractivity contribution in [3.8, 4) is 11.5 Å². The van der Waals surface area contributed by atoms with Crippen LogP contribution >= 0.6 is 0 Å². The first-order chi connectivity index (χ1) is 8.70. The minimum Gasteiger partial charge on any atom is -0.486 e. The fraction of sp³-hybridized carbons (Fsp3) is 0.571. The van der Waals surface area contributed by atoms with Crippen LogP contribution in [0.25, 0.3) is 0 Å². The Morgan fingerprint density at radius 2 is 1.94 bits per heavy atom. The first kappa shape index (κ1) is 13.2. The summed E-state index contributed by atoms with van der Waals surface area (Å²) >= 11 is 0. The van der Waals surface area contributed by atoms with Crippen LogP contribution in [0.2, 0.25) is 0 Å². The van der Waals surface area contributed by atoms with E-state index in [9.17, 15) is 0 Å². The van der Waals surface area contributed by atoms with Gasteiger partial charge < -0.3 is 19.7 Å². The molecule has 4 heteroatoms. The fourth-order valence-electron chi connectivity index (χ4n) is 2.14. The molecule has 0 saturated carbocycles. The van der Waals surface area contributed by atoms with E-state index < -0.39 is 0 Å². The Balaban J connectivity index is 2.10. The van der Waals surface area contributed by atoms with Crippen LogP contribution in [0.1, 0.15) is 18.0 Å². The van der Waals surface area contributed by atoms with E-state index in [-0.39, 0.29) is 0 Å². The summed E-state index contributed by atoms with van der Waals surface area (Å²) in [4.78, 5) is 2.20. The SMILES string of the molecule is CNC(CCN(C)C)c1ccc2c(c1)OCCO2. The standard InChI is InChI=1S/C14H22N2O2/c1-15-12(6-7-16(2)3)11-4-5-13-14(10-11)18-9-8-17-13/h4-5,10,12,15H,6-9H2,1-3H3. The molecule has 1 unspecified atom stereocenters. The molecular weight excluding hydrogens is 228 g/mol. The third-order valence-electron chi connectivity index (χ3n) is 3.18. The molecule has 1 aliphatic rings. The minimum absolute atomic E-state index is 0.350. The number of fused-ring (bicyclic) bond motifs is 1. The monoisotopic (exact) mass is 250 g/mol. The smallest absolute Gasteiger partial charge is 0.161 e. The van der Waals surface area contributed by atoms with E-state index >= 15 is 0 Å². The summed E-state index contributed by atoms with van der Waals surface area (Å²) in [6, 6.07) is 6.56. The topological polar surface area (TPSA) is 33.7 Å². The number of hydrogen-bond donors (Lipinski definition) is 1. The Kier molecular flexibility index (Phi) is 4.44. The first-order valence-corrected chi connectivity index (χ1v) is 6.42. The van der Waals surface area contributed by atoms with Gasteiger partial charge >= 0.3 is 0 Å². The second-order valence-corrected chi connectivity index (χ2v) is 4.84. The van der Waals surface area contributed by atoms with Crippen molar-refractivity contribution in [1.82, 2.24) is 10.2 Å². The summed E-state index contributed by atoms with van der Waals surface area (Å²) in [6.07, 6.45) is 1.07. The number of nitrogens with one attached hydrogen (secondary N) is 1. The van der Waals surface area contributed by atoms with Crippen LogP contribution in [0, 0.1) is 0 Å². The Bertz CT molecular complexity index is 393. The van der Waals surface area contributed by atoms with E-state index in [0.717, 1.165) is 24.5 Å². The van der Waals surface area contributed by atoms with Crippen LogP contribution < -0.4 is 14.8 Å². The van der Waals surface area contributed by atoms with Crippen molar-refractivity contribution >= 4 is 0 Å². The molecule has 0 saturated heterocycles. The molecule has 1 aromatic rings. The minimum atomic E-state index is 0.350. The second-order valence-electron chi connectivity index (χ2n) is 4.84. The van der Waals surface area contributed by atoms with Gasteiger partial charge in [-0.05, 0) is 51.8 Å². The zero-order valence-electron chi connectivity index (χ0n) is 11.4. The van der Waals surface area contributed by atoms with E-state index in [1.165, 1.54) is 5.56 Å². The van der Waals surface area contributed by atoms with Gasteiger partial charge in [-0.2, -0.15) is 0 Å². The van der Waals surface area contributed by atoms with Crippen molar-refractivity contribution < 1.29 is 9.47 Å². The molecule has 0 spiro atoms. The predicted octanol–water partition coefficient (Wildman–Crippen LogP) is 1.67. The molecule has 0 radical (unpaired) electrons. The normalized spacial score (nSPS) is 15.8. The highest BCUT2D eigenvalue weighted by Gasteiger charge is 2.15. The number of nitrogens with zero attached hydrogens (tertiary/aromatic N) is 1. The van der Waals surface area contributed by atoms with Crippen molar-refractivity contribution in [3.63, 3.8) is 0 Å². The number of ether oxygens (including phenoxy) is 2. The zero-order chi connectivity index (χ0) is 13.0. The maximum atomic E-state index is 5.62. The third kappa shape index (κ3) is 3.15. The van der Waals surface area contributed by atoms with Crippen LogP contribution in [0.15, 0.2) is 18.2 Å². The summed E-state index contributed by atoms with van der Waals surface area (Å²) in [5, 5.41) is 3.36. The molecule has 0 fully saturated rings. The molecule has 18 heavy (non-hydrogen) atoms. The Labute approximate surface area is 109 Å². The number of rotatable bonds is 5. The van der Waals surface area contributed by atoms with E-state index in [1.807, 2.05) is 13.1 Å². The van der Waals surface area contributed by atoms with Crippen molar-refractivity contribution in [2.75, 3.05) is 40.9 Å². The van der Waals surface area contributed by atoms with Gasteiger partial charge in [-0.3, -0.25) is 0 Å². The largest absolute Gasteiger partial charge is 0.486 e. The Hall–Kier alpha value is -1.26. The highest BCUT2D eigenvalue weighted by atomic mass is 16.6. The molecule has 2 rings (SSSR count). The summed E-state index contributed by atoms with van der Waals surface area (Å²) in [5.41, 5.74) is 1.25. The van der Waals surface area contributed by atoms with Crippen LogP contribution in [0.5, 0.6) is 11.5 Å². The average molecular weight is 250 g/mol. The fourth-order valence-corrected chi connectivity index (χ4v) is 2.14. The molecular formula is C14H22N2O2. The first-order valence-electron chi connectivity index (χ1n) is 6.42. The molecule has 0 bridgehead atoms. The molecule has 0 amide bonds. The van der Waals surface area contributed by atoms with Crippen LogP contribution in [-0.2, 0) is 0 Å². The highest BCUT2D eigenvalue weighted by Crippen LogP contribution is 2.33. The van der Waals surface area contributed by atoms with Crippen molar-refractivity contribution in [3.05, 3.63) is 23.8 Å². The highest BCUT2D eigenvalue weighted by molar-refractivity contribution is 5.44. The van der Waals surface area contributed by atoms with Gasteiger partial charge in [0, 0.05) is 6.04 Å². The zero-order valence-corrected chi connectivity index (χ0v) is 11.4. The van der Waals surface area contributed by atoms with Gasteiger partial charge in [0.2, 0.25) is 0 Å². The molecule has 4 nitrogen and oxygen atoms in total.